The average molecular weight is 244 g/mol. The molecule has 0 atom stereocenters. The Bertz CT molecular complexity index is 230. The van der Waals surface area contributed by atoms with Crippen molar-refractivity contribution in [2.45, 2.75) is 6.92 Å². The van der Waals surface area contributed by atoms with Crippen molar-refractivity contribution in [3.05, 3.63) is 12.2 Å². The van der Waals surface area contributed by atoms with Gasteiger partial charge in [-0.1, -0.05) is 6.58 Å². The van der Waals surface area contributed by atoms with E-state index in [-0.39, 0.29) is 5.91 Å². The van der Waals surface area contributed by atoms with Crippen molar-refractivity contribution in [2.75, 3.05) is 53.6 Å². The Morgan fingerprint density at radius 2 is 1.76 bits per heavy atom. The molecule has 0 fully saturated rings. The predicted octanol–water partition coefficient (Wildman–Crippen LogP) is 0.274. The summed E-state index contributed by atoms with van der Waals surface area (Å²) in [6, 6.07) is 0. The zero-order valence-electron chi connectivity index (χ0n) is 11.1. The Hall–Kier alpha value is -0.910. The van der Waals surface area contributed by atoms with Gasteiger partial charge in [0, 0.05) is 18.7 Å². The van der Waals surface area contributed by atoms with Crippen molar-refractivity contribution in [1.82, 2.24) is 10.2 Å². The predicted molar refractivity (Wildman–Crippen MR) is 68.0 cm³/mol. The number of rotatable bonds is 10. The molecule has 5 nitrogen and oxygen atoms in total. The van der Waals surface area contributed by atoms with E-state index in [4.69, 9.17) is 9.47 Å². The molecule has 0 spiro atoms. The molecule has 1 N–H and O–H groups in total. The maximum Gasteiger partial charge on any atom is 0.246 e. The number of hydrogen-bond acceptors (Lipinski definition) is 4. The minimum absolute atomic E-state index is 0.129. The Morgan fingerprint density at radius 3 is 2.29 bits per heavy atom. The lowest BCUT2D eigenvalue weighted by atomic mass is 10.3. The average Bonchev–Trinajstić information content (AvgIpc) is 2.25. The van der Waals surface area contributed by atoms with Gasteiger partial charge in [-0.15, -0.1) is 0 Å². The van der Waals surface area contributed by atoms with E-state index in [1.807, 2.05) is 14.1 Å². The monoisotopic (exact) mass is 244 g/mol. The molecule has 0 unspecified atom stereocenters. The molecule has 17 heavy (non-hydrogen) atoms. The maximum absolute atomic E-state index is 11.1. The summed E-state index contributed by atoms with van der Waals surface area (Å²) in [5.41, 5.74) is 0.511. The number of likely N-dealkylation sites (N-methyl/N-ethyl adjacent to an activating group) is 1. The molecule has 0 aliphatic heterocycles. The third-order valence-electron chi connectivity index (χ3n) is 1.97. The summed E-state index contributed by atoms with van der Waals surface area (Å²) in [6.07, 6.45) is 0. The Kier molecular flexibility index (Phi) is 9.71. The van der Waals surface area contributed by atoms with Gasteiger partial charge >= 0.3 is 0 Å². The van der Waals surface area contributed by atoms with Crippen LogP contribution in [0.4, 0.5) is 0 Å². The lowest BCUT2D eigenvalue weighted by Gasteiger charge is -2.10. The van der Waals surface area contributed by atoms with Crippen molar-refractivity contribution in [2.24, 2.45) is 0 Å². The third kappa shape index (κ3) is 11.4. The Balaban J connectivity index is 3.14. The summed E-state index contributed by atoms with van der Waals surface area (Å²) in [4.78, 5) is 13.1. The van der Waals surface area contributed by atoms with Crippen LogP contribution >= 0.6 is 0 Å². The molecular weight excluding hydrogens is 220 g/mol. The van der Waals surface area contributed by atoms with Gasteiger partial charge < -0.3 is 19.7 Å². The maximum atomic E-state index is 11.1. The molecule has 0 saturated heterocycles. The van der Waals surface area contributed by atoms with Gasteiger partial charge in [0.1, 0.15) is 0 Å². The zero-order chi connectivity index (χ0) is 13.1. The van der Waals surface area contributed by atoms with E-state index in [1.165, 1.54) is 0 Å². The van der Waals surface area contributed by atoms with Crippen molar-refractivity contribution < 1.29 is 14.3 Å². The second-order valence-corrected chi connectivity index (χ2v) is 4.06. The number of nitrogens with one attached hydrogen (secondary N) is 1. The summed E-state index contributed by atoms with van der Waals surface area (Å²) in [5, 5.41) is 2.69. The first-order chi connectivity index (χ1) is 8.04. The normalized spacial score (nSPS) is 10.6. The first-order valence-corrected chi connectivity index (χ1v) is 5.78. The van der Waals surface area contributed by atoms with Crippen LogP contribution in [0.25, 0.3) is 0 Å². The van der Waals surface area contributed by atoms with E-state index in [2.05, 4.69) is 16.8 Å². The van der Waals surface area contributed by atoms with Crippen molar-refractivity contribution in [1.29, 1.82) is 0 Å². The summed E-state index contributed by atoms with van der Waals surface area (Å²) < 4.78 is 10.6. The SMILES string of the molecule is C=C(C)C(=O)NCCOCCOCCN(C)C. The van der Waals surface area contributed by atoms with Crippen LogP contribution in [-0.4, -0.2) is 64.4 Å². The molecule has 0 radical (unpaired) electrons. The largest absolute Gasteiger partial charge is 0.378 e. The van der Waals surface area contributed by atoms with E-state index in [9.17, 15) is 4.79 Å². The van der Waals surface area contributed by atoms with Crippen LogP contribution < -0.4 is 5.32 Å². The van der Waals surface area contributed by atoms with Crippen LogP contribution in [0.2, 0.25) is 0 Å². The highest BCUT2D eigenvalue weighted by Crippen LogP contribution is 1.85. The smallest absolute Gasteiger partial charge is 0.246 e. The molecule has 0 rings (SSSR count). The highest BCUT2D eigenvalue weighted by atomic mass is 16.5. The number of hydrogen-bond donors (Lipinski definition) is 1. The number of carbonyl (C=O) groups excluding carboxylic acids is 1. The highest BCUT2D eigenvalue weighted by Gasteiger charge is 1.99. The lowest BCUT2D eigenvalue weighted by molar-refractivity contribution is -0.117. The molecule has 5 heteroatoms. The minimum Gasteiger partial charge on any atom is -0.378 e. The van der Waals surface area contributed by atoms with Gasteiger partial charge in [-0.25, -0.2) is 0 Å². The fourth-order valence-corrected chi connectivity index (χ4v) is 0.957. The Morgan fingerprint density at radius 1 is 1.18 bits per heavy atom. The van der Waals surface area contributed by atoms with E-state index in [0.29, 0.717) is 38.5 Å². The molecule has 0 saturated carbocycles. The summed E-state index contributed by atoms with van der Waals surface area (Å²) in [5.74, 6) is -0.129. The molecule has 0 aromatic carbocycles. The molecule has 0 bridgehead atoms. The molecule has 0 aliphatic carbocycles. The fraction of sp³-hybridized carbons (Fsp3) is 0.750. The van der Waals surface area contributed by atoms with Gasteiger partial charge in [-0.05, 0) is 21.0 Å². The number of ether oxygens (including phenoxy) is 2. The van der Waals surface area contributed by atoms with E-state index in [1.54, 1.807) is 6.92 Å². The highest BCUT2D eigenvalue weighted by molar-refractivity contribution is 5.91. The van der Waals surface area contributed by atoms with Gasteiger partial charge in [0.15, 0.2) is 0 Å². The molecule has 0 heterocycles. The second kappa shape index (κ2) is 10.3. The van der Waals surface area contributed by atoms with Gasteiger partial charge in [-0.2, -0.15) is 0 Å². The van der Waals surface area contributed by atoms with Gasteiger partial charge in [0.05, 0.1) is 26.4 Å². The van der Waals surface area contributed by atoms with E-state index >= 15 is 0 Å². The molecular formula is C12H24N2O3. The summed E-state index contributed by atoms with van der Waals surface area (Å²) in [7, 11) is 4.01. The Labute approximate surface area is 104 Å². The fourth-order valence-electron chi connectivity index (χ4n) is 0.957. The summed E-state index contributed by atoms with van der Waals surface area (Å²) in [6.45, 7) is 8.98. The molecule has 0 aromatic heterocycles. The first-order valence-electron chi connectivity index (χ1n) is 5.78. The van der Waals surface area contributed by atoms with Crippen molar-refractivity contribution in [3.8, 4) is 0 Å². The molecule has 0 aliphatic rings. The van der Waals surface area contributed by atoms with Gasteiger partial charge in [-0.3, -0.25) is 4.79 Å². The summed E-state index contributed by atoms with van der Waals surface area (Å²) >= 11 is 0. The zero-order valence-corrected chi connectivity index (χ0v) is 11.1. The van der Waals surface area contributed by atoms with E-state index < -0.39 is 0 Å². The second-order valence-electron chi connectivity index (χ2n) is 4.06. The minimum atomic E-state index is -0.129. The van der Waals surface area contributed by atoms with Crippen LogP contribution in [-0.2, 0) is 14.3 Å². The molecule has 0 aromatic rings. The van der Waals surface area contributed by atoms with Crippen molar-refractivity contribution in [3.63, 3.8) is 0 Å². The topological polar surface area (TPSA) is 50.8 Å². The van der Waals surface area contributed by atoms with Crippen LogP contribution in [0, 0.1) is 0 Å². The van der Waals surface area contributed by atoms with Gasteiger partial charge in [0.25, 0.3) is 0 Å². The van der Waals surface area contributed by atoms with Crippen LogP contribution in [0.15, 0.2) is 12.2 Å². The van der Waals surface area contributed by atoms with Crippen LogP contribution in [0.5, 0.6) is 0 Å². The van der Waals surface area contributed by atoms with E-state index in [0.717, 1.165) is 6.54 Å². The van der Waals surface area contributed by atoms with Crippen LogP contribution in [0.3, 0.4) is 0 Å². The molecule has 100 valence electrons. The number of nitrogens with zero attached hydrogens (tertiary/aromatic N) is 1. The first kappa shape index (κ1) is 16.1. The quantitative estimate of drug-likeness (QED) is 0.443. The molecule has 1 amide bonds. The number of carbonyl (C=O) groups is 1. The lowest BCUT2D eigenvalue weighted by Crippen LogP contribution is -2.28. The van der Waals surface area contributed by atoms with Crippen molar-refractivity contribution >= 4 is 5.91 Å². The van der Waals surface area contributed by atoms with Gasteiger partial charge in [0.2, 0.25) is 5.91 Å². The number of amides is 1. The standard InChI is InChI=1S/C12H24N2O3/c1-11(2)12(15)13-5-7-16-9-10-17-8-6-14(3)4/h1,5-10H2,2-4H3,(H,13,15). The van der Waals surface area contributed by atoms with Crippen LogP contribution in [0.1, 0.15) is 6.92 Å². The third-order valence-corrected chi connectivity index (χ3v) is 1.97.